The molecule has 0 aliphatic heterocycles. The summed E-state index contributed by atoms with van der Waals surface area (Å²) in [7, 11) is 0. The Bertz CT molecular complexity index is 1500. The molecular formula is C38H65N11O7. The minimum Gasteiger partial charge on any atom is -0.507 e. The number of fused-ring (bicyclic) bond motifs is 1. The number of primary amides is 1. The molecule has 0 aliphatic carbocycles. The number of nitrogens with two attached hydrogens (primary N) is 3. The van der Waals surface area contributed by atoms with Crippen molar-refractivity contribution >= 4 is 46.3 Å². The molecule has 0 aliphatic rings. The van der Waals surface area contributed by atoms with Gasteiger partial charge in [0.1, 0.15) is 17.8 Å². The average Bonchev–Trinajstić information content (AvgIpc) is 3.58. The number of carbonyl (C=O) groups is 6. The summed E-state index contributed by atoms with van der Waals surface area (Å²) in [6, 6.07) is 2.69. The number of unbranched alkanes of at least 4 members (excludes halogenated alkanes) is 4. The van der Waals surface area contributed by atoms with E-state index >= 15 is 0 Å². The van der Waals surface area contributed by atoms with E-state index in [0.29, 0.717) is 81.3 Å². The zero-order valence-corrected chi connectivity index (χ0v) is 32.6. The number of aromatic hydroxyl groups is 1. The van der Waals surface area contributed by atoms with Gasteiger partial charge < -0.3 is 64.5 Å². The molecule has 0 bridgehead atoms. The molecule has 0 saturated carbocycles. The summed E-state index contributed by atoms with van der Waals surface area (Å²) in [5.41, 5.74) is 17.7. The van der Waals surface area contributed by atoms with E-state index in [4.69, 9.17) is 17.2 Å². The fraction of sp³-hybridized carbons (Fsp3) is 0.632. The largest absolute Gasteiger partial charge is 0.507 e. The van der Waals surface area contributed by atoms with Crippen LogP contribution in [0, 0.1) is 0 Å². The molecule has 314 valence electrons. The van der Waals surface area contributed by atoms with Crippen LogP contribution in [0.25, 0.3) is 10.9 Å². The summed E-state index contributed by atoms with van der Waals surface area (Å²) < 4.78 is 0. The van der Waals surface area contributed by atoms with Gasteiger partial charge in [-0.1, -0.05) is 6.07 Å². The van der Waals surface area contributed by atoms with Crippen LogP contribution in [0.1, 0.15) is 82.6 Å². The summed E-state index contributed by atoms with van der Waals surface area (Å²) in [5, 5.41) is 31.0. The Morgan fingerprint density at radius 1 is 0.643 bits per heavy atom. The third kappa shape index (κ3) is 20.2. The van der Waals surface area contributed by atoms with Gasteiger partial charge in [-0.3, -0.25) is 28.8 Å². The molecule has 2 aromatic rings. The predicted molar refractivity (Wildman–Crippen MR) is 215 cm³/mol. The second-order valence-corrected chi connectivity index (χ2v) is 13.7. The molecule has 1 aromatic heterocycles. The number of carbonyl (C=O) groups excluding carboxylic acids is 6. The molecule has 18 nitrogen and oxygen atoms in total. The van der Waals surface area contributed by atoms with Crippen LogP contribution in [-0.2, 0) is 35.2 Å². The van der Waals surface area contributed by atoms with E-state index in [2.05, 4.69) is 42.2 Å². The van der Waals surface area contributed by atoms with Crippen LogP contribution < -0.4 is 54.4 Å². The Kier molecular flexibility index (Phi) is 24.2. The first kappa shape index (κ1) is 47.4. The molecule has 56 heavy (non-hydrogen) atoms. The van der Waals surface area contributed by atoms with Crippen LogP contribution in [0.4, 0.5) is 0 Å². The minimum atomic E-state index is -1.24. The van der Waals surface area contributed by atoms with E-state index in [1.165, 1.54) is 6.07 Å². The van der Waals surface area contributed by atoms with Gasteiger partial charge in [0, 0.05) is 62.7 Å². The van der Waals surface area contributed by atoms with Crippen molar-refractivity contribution in [2.45, 2.75) is 95.6 Å². The van der Waals surface area contributed by atoms with E-state index < -0.39 is 42.1 Å². The van der Waals surface area contributed by atoms with Crippen LogP contribution in [-0.4, -0.2) is 117 Å². The number of hydrogen-bond donors (Lipinski definition) is 12. The lowest BCUT2D eigenvalue weighted by atomic mass is 10.1. The zero-order chi connectivity index (χ0) is 41.0. The van der Waals surface area contributed by atoms with Crippen LogP contribution in [0.15, 0.2) is 24.4 Å². The van der Waals surface area contributed by atoms with Crippen molar-refractivity contribution in [2.75, 3.05) is 58.9 Å². The standard InChI is InChI=1S/C38H65N11O7/c39-15-2-5-17-42-22-13-34(53)45-20-7-6-18-43-23-14-33(52)44-19-3-1-4-21-46-37(55)30(25-32(41)51)49-38(56)29(11-9-16-40)48-35(54)24-27-26-47-28-10-8-12-31(50)36(27)28/h8,10,12,26,29-30,42-43,47,50H,1-7,9,11,13-25,39-40H2,(H2,41,51)(H,44,52)(H,45,53)(H,46,55)(H,48,54)(H,49,56). The molecule has 6 amide bonds. The number of amides is 6. The van der Waals surface area contributed by atoms with Crippen molar-refractivity contribution < 1.29 is 33.9 Å². The Balaban J connectivity index is 1.60. The van der Waals surface area contributed by atoms with Gasteiger partial charge in [-0.25, -0.2) is 0 Å². The minimum absolute atomic E-state index is 0.0215. The molecule has 1 heterocycles. The first-order valence-corrected chi connectivity index (χ1v) is 19.8. The van der Waals surface area contributed by atoms with E-state index in [1.807, 2.05) is 0 Å². The van der Waals surface area contributed by atoms with E-state index in [-0.39, 0.29) is 43.5 Å². The maximum absolute atomic E-state index is 13.3. The van der Waals surface area contributed by atoms with Crippen molar-refractivity contribution in [1.82, 2.24) is 42.2 Å². The zero-order valence-electron chi connectivity index (χ0n) is 32.6. The number of rotatable bonds is 32. The Hall–Kier alpha value is -4.78. The van der Waals surface area contributed by atoms with Gasteiger partial charge in [-0.05, 0) is 102 Å². The normalized spacial score (nSPS) is 12.1. The number of phenolic OH excluding ortho intramolecular Hbond substituents is 1. The molecule has 2 rings (SSSR count). The van der Waals surface area contributed by atoms with Gasteiger partial charge in [-0.2, -0.15) is 0 Å². The Morgan fingerprint density at radius 2 is 1.23 bits per heavy atom. The van der Waals surface area contributed by atoms with Gasteiger partial charge in [0.05, 0.1) is 12.8 Å². The number of aromatic amines is 1. The first-order valence-electron chi connectivity index (χ1n) is 19.8. The van der Waals surface area contributed by atoms with Crippen molar-refractivity contribution in [2.24, 2.45) is 17.2 Å². The van der Waals surface area contributed by atoms with Gasteiger partial charge in [0.2, 0.25) is 35.4 Å². The van der Waals surface area contributed by atoms with Crippen LogP contribution in [0.2, 0.25) is 0 Å². The molecule has 1 aromatic carbocycles. The quantitative estimate of drug-likeness (QED) is 0.0399. The highest BCUT2D eigenvalue weighted by molar-refractivity contribution is 5.96. The summed E-state index contributed by atoms with van der Waals surface area (Å²) in [5.74, 6) is -2.50. The molecule has 0 spiro atoms. The molecule has 2 atom stereocenters. The summed E-state index contributed by atoms with van der Waals surface area (Å²) >= 11 is 0. The third-order valence-electron chi connectivity index (χ3n) is 8.95. The van der Waals surface area contributed by atoms with Crippen LogP contribution in [0.5, 0.6) is 5.75 Å². The Morgan fingerprint density at radius 3 is 1.86 bits per heavy atom. The number of nitrogens with one attached hydrogen (secondary N) is 8. The summed E-state index contributed by atoms with van der Waals surface area (Å²) in [6.07, 6.45) is 8.24. The Labute approximate surface area is 329 Å². The van der Waals surface area contributed by atoms with Gasteiger partial charge in [0.25, 0.3) is 0 Å². The van der Waals surface area contributed by atoms with Crippen LogP contribution in [0.3, 0.4) is 0 Å². The maximum Gasteiger partial charge on any atom is 0.243 e. The molecule has 0 saturated heterocycles. The first-order chi connectivity index (χ1) is 27.0. The lowest BCUT2D eigenvalue weighted by Gasteiger charge is -2.22. The summed E-state index contributed by atoms with van der Waals surface area (Å²) in [4.78, 5) is 78.0. The van der Waals surface area contributed by atoms with E-state index in [0.717, 1.165) is 45.2 Å². The molecule has 0 fully saturated rings. The molecule has 0 radical (unpaired) electrons. The number of phenols is 1. The SMILES string of the molecule is NCCCCNCCC(=O)NCCCCNCCC(=O)NCCCCCNC(=O)C(CC(N)=O)NC(=O)C(CCCN)NC(=O)Cc1c[nH]c2cccc(O)c12. The van der Waals surface area contributed by atoms with E-state index in [9.17, 15) is 33.9 Å². The molecular weight excluding hydrogens is 722 g/mol. The predicted octanol–water partition coefficient (Wildman–Crippen LogP) is -1.00. The highest BCUT2D eigenvalue weighted by Crippen LogP contribution is 2.27. The van der Waals surface area contributed by atoms with Gasteiger partial charge >= 0.3 is 0 Å². The molecule has 2 unspecified atom stereocenters. The maximum atomic E-state index is 13.3. The number of benzene rings is 1. The van der Waals surface area contributed by atoms with Crippen molar-refractivity contribution in [3.63, 3.8) is 0 Å². The van der Waals surface area contributed by atoms with Crippen LogP contribution >= 0.6 is 0 Å². The number of aromatic nitrogens is 1. The molecule has 18 heteroatoms. The molecule has 15 N–H and O–H groups in total. The highest BCUT2D eigenvalue weighted by atomic mass is 16.3. The van der Waals surface area contributed by atoms with Crippen molar-refractivity contribution in [1.29, 1.82) is 0 Å². The fourth-order valence-electron chi connectivity index (χ4n) is 5.88. The highest BCUT2D eigenvalue weighted by Gasteiger charge is 2.28. The number of H-pyrrole nitrogens is 1. The second kappa shape index (κ2) is 28.6. The van der Waals surface area contributed by atoms with Crippen molar-refractivity contribution in [3.8, 4) is 5.75 Å². The average molecular weight is 788 g/mol. The summed E-state index contributed by atoms with van der Waals surface area (Å²) in [6.45, 7) is 5.19. The third-order valence-corrected chi connectivity index (χ3v) is 8.95. The fourth-order valence-corrected chi connectivity index (χ4v) is 5.88. The monoisotopic (exact) mass is 788 g/mol. The topological polar surface area (TPSA) is 301 Å². The number of hydrogen-bond acceptors (Lipinski definition) is 11. The lowest BCUT2D eigenvalue weighted by Crippen LogP contribution is -2.55. The lowest BCUT2D eigenvalue weighted by molar-refractivity contribution is -0.133. The van der Waals surface area contributed by atoms with E-state index in [1.54, 1.807) is 18.3 Å². The van der Waals surface area contributed by atoms with Crippen molar-refractivity contribution in [3.05, 3.63) is 30.0 Å². The van der Waals surface area contributed by atoms with Gasteiger partial charge in [0.15, 0.2) is 0 Å². The smallest absolute Gasteiger partial charge is 0.243 e. The second-order valence-electron chi connectivity index (χ2n) is 13.7. The van der Waals surface area contributed by atoms with Gasteiger partial charge in [-0.15, -0.1) is 0 Å².